The van der Waals surface area contributed by atoms with Crippen LogP contribution in [0.5, 0.6) is 0 Å². The maximum absolute atomic E-state index is 13.4. The quantitative estimate of drug-likeness (QED) is 0.945. The van der Waals surface area contributed by atoms with Gasteiger partial charge in [-0.1, -0.05) is 12.1 Å². The number of aromatic nitrogens is 1. The van der Waals surface area contributed by atoms with E-state index in [4.69, 9.17) is 5.11 Å². The summed E-state index contributed by atoms with van der Waals surface area (Å²) in [5.74, 6) is -1.68. The van der Waals surface area contributed by atoms with Crippen LogP contribution in [0.4, 0.5) is 4.39 Å². The van der Waals surface area contributed by atoms with Crippen molar-refractivity contribution in [3.05, 3.63) is 65.2 Å². The number of benzene rings is 1. The van der Waals surface area contributed by atoms with E-state index in [0.29, 0.717) is 12.1 Å². The van der Waals surface area contributed by atoms with Crippen molar-refractivity contribution in [2.75, 3.05) is 6.54 Å². The van der Waals surface area contributed by atoms with E-state index < -0.39 is 5.97 Å². The molecule has 1 saturated heterocycles. The zero-order valence-electron chi connectivity index (χ0n) is 12.3. The van der Waals surface area contributed by atoms with Crippen molar-refractivity contribution in [3.8, 4) is 0 Å². The minimum absolute atomic E-state index is 0.107. The fourth-order valence-corrected chi connectivity index (χ4v) is 2.88. The zero-order chi connectivity index (χ0) is 16.4. The SMILES string of the molecule is O=C(O)c1ccc(C(=O)N2CCC[C@H]2c2cccc(F)c2)cn1. The first-order valence-electron chi connectivity index (χ1n) is 7.32. The highest BCUT2D eigenvalue weighted by atomic mass is 19.1. The van der Waals surface area contributed by atoms with Gasteiger partial charge in [-0.15, -0.1) is 0 Å². The van der Waals surface area contributed by atoms with Crippen molar-refractivity contribution in [3.63, 3.8) is 0 Å². The molecule has 23 heavy (non-hydrogen) atoms. The van der Waals surface area contributed by atoms with Crippen LogP contribution in [-0.2, 0) is 0 Å². The highest BCUT2D eigenvalue weighted by Crippen LogP contribution is 2.33. The number of nitrogens with zero attached hydrogens (tertiary/aromatic N) is 2. The summed E-state index contributed by atoms with van der Waals surface area (Å²) in [6.45, 7) is 0.584. The molecule has 1 aliphatic rings. The Kier molecular flexibility index (Phi) is 4.06. The van der Waals surface area contributed by atoms with Gasteiger partial charge in [-0.3, -0.25) is 4.79 Å². The largest absolute Gasteiger partial charge is 0.477 e. The van der Waals surface area contributed by atoms with E-state index in [0.717, 1.165) is 18.4 Å². The summed E-state index contributed by atoms with van der Waals surface area (Å²) in [6, 6.07) is 8.86. The molecule has 0 unspecified atom stereocenters. The first-order chi connectivity index (χ1) is 11.1. The van der Waals surface area contributed by atoms with Crippen molar-refractivity contribution in [2.24, 2.45) is 0 Å². The molecule has 1 aliphatic heterocycles. The maximum Gasteiger partial charge on any atom is 0.354 e. The van der Waals surface area contributed by atoms with Crippen LogP contribution in [0.3, 0.4) is 0 Å². The van der Waals surface area contributed by atoms with E-state index >= 15 is 0 Å². The highest BCUT2D eigenvalue weighted by Gasteiger charge is 2.31. The predicted molar refractivity (Wildman–Crippen MR) is 80.6 cm³/mol. The molecule has 2 heterocycles. The Hall–Kier alpha value is -2.76. The molecule has 1 atom stereocenters. The summed E-state index contributed by atoms with van der Waals surface area (Å²) in [6.07, 6.45) is 2.89. The molecule has 1 aromatic heterocycles. The van der Waals surface area contributed by atoms with Crippen LogP contribution in [0.1, 0.15) is 45.3 Å². The molecule has 1 fully saturated rings. The number of halogens is 1. The number of amides is 1. The lowest BCUT2D eigenvalue weighted by Gasteiger charge is -2.25. The molecule has 3 rings (SSSR count). The van der Waals surface area contributed by atoms with Gasteiger partial charge in [-0.05, 0) is 42.7 Å². The van der Waals surface area contributed by atoms with Gasteiger partial charge in [0.1, 0.15) is 11.5 Å². The van der Waals surface area contributed by atoms with Crippen LogP contribution in [0.25, 0.3) is 0 Å². The number of rotatable bonds is 3. The Balaban J connectivity index is 1.84. The first kappa shape index (κ1) is 15.1. The number of carbonyl (C=O) groups excluding carboxylic acids is 1. The molecule has 6 heteroatoms. The van der Waals surface area contributed by atoms with Gasteiger partial charge in [0, 0.05) is 12.7 Å². The third-order valence-corrected chi connectivity index (χ3v) is 3.98. The lowest BCUT2D eigenvalue weighted by atomic mass is 10.0. The average Bonchev–Trinajstić information content (AvgIpc) is 3.04. The first-order valence-corrected chi connectivity index (χ1v) is 7.32. The van der Waals surface area contributed by atoms with E-state index in [9.17, 15) is 14.0 Å². The minimum Gasteiger partial charge on any atom is -0.477 e. The highest BCUT2D eigenvalue weighted by molar-refractivity contribution is 5.95. The fraction of sp³-hybridized carbons (Fsp3) is 0.235. The van der Waals surface area contributed by atoms with Crippen molar-refractivity contribution >= 4 is 11.9 Å². The molecule has 5 nitrogen and oxygen atoms in total. The average molecular weight is 314 g/mol. The third kappa shape index (κ3) is 3.06. The molecule has 2 aromatic rings. The second-order valence-corrected chi connectivity index (χ2v) is 5.45. The molecule has 0 aliphatic carbocycles. The summed E-state index contributed by atoms with van der Waals surface area (Å²) >= 11 is 0. The standard InChI is InChI=1S/C17H15FN2O3/c18-13-4-1-3-11(9-13)15-5-2-8-20(15)16(21)12-6-7-14(17(22)23)19-10-12/h1,3-4,6-7,9-10,15H,2,5,8H2,(H,22,23)/t15-/m0/s1. The van der Waals surface area contributed by atoms with Gasteiger partial charge in [-0.25, -0.2) is 14.2 Å². The number of pyridine rings is 1. The van der Waals surface area contributed by atoms with Crippen LogP contribution >= 0.6 is 0 Å². The monoisotopic (exact) mass is 314 g/mol. The van der Waals surface area contributed by atoms with Gasteiger partial charge in [0.2, 0.25) is 0 Å². The van der Waals surface area contributed by atoms with Gasteiger partial charge in [0.05, 0.1) is 11.6 Å². The summed E-state index contributed by atoms with van der Waals surface area (Å²) in [5.41, 5.74) is 0.994. The lowest BCUT2D eigenvalue weighted by molar-refractivity contribution is 0.0685. The molecule has 118 valence electrons. The Morgan fingerprint density at radius 2 is 2.09 bits per heavy atom. The molecule has 1 aromatic carbocycles. The molecule has 1 N–H and O–H groups in total. The second-order valence-electron chi connectivity index (χ2n) is 5.45. The van der Waals surface area contributed by atoms with Crippen molar-refractivity contribution in [1.29, 1.82) is 0 Å². The van der Waals surface area contributed by atoms with E-state index in [1.165, 1.54) is 30.5 Å². The number of hydrogen-bond donors (Lipinski definition) is 1. The van der Waals surface area contributed by atoms with E-state index in [1.807, 2.05) is 6.07 Å². The molecular weight excluding hydrogens is 299 g/mol. The maximum atomic E-state index is 13.4. The van der Waals surface area contributed by atoms with Crippen molar-refractivity contribution in [1.82, 2.24) is 9.88 Å². The molecular formula is C17H15FN2O3. The molecule has 0 saturated carbocycles. The summed E-state index contributed by atoms with van der Waals surface area (Å²) in [7, 11) is 0. The van der Waals surface area contributed by atoms with E-state index in [-0.39, 0.29) is 23.5 Å². The van der Waals surface area contributed by atoms with Gasteiger partial charge in [0.25, 0.3) is 5.91 Å². The Labute approximate surface area is 132 Å². The van der Waals surface area contributed by atoms with Crippen LogP contribution < -0.4 is 0 Å². The fourth-order valence-electron chi connectivity index (χ4n) is 2.88. The number of hydrogen-bond acceptors (Lipinski definition) is 3. The van der Waals surface area contributed by atoms with E-state index in [2.05, 4.69) is 4.98 Å². The van der Waals surface area contributed by atoms with Crippen molar-refractivity contribution in [2.45, 2.75) is 18.9 Å². The molecule has 0 spiro atoms. The van der Waals surface area contributed by atoms with Gasteiger partial charge >= 0.3 is 5.97 Å². The van der Waals surface area contributed by atoms with Gasteiger partial charge in [-0.2, -0.15) is 0 Å². The topological polar surface area (TPSA) is 70.5 Å². The van der Waals surface area contributed by atoms with Gasteiger partial charge < -0.3 is 10.0 Å². The Bertz CT molecular complexity index is 746. The van der Waals surface area contributed by atoms with Crippen molar-refractivity contribution < 1.29 is 19.1 Å². The number of carbonyl (C=O) groups is 2. The minimum atomic E-state index is -1.14. The molecule has 0 bridgehead atoms. The van der Waals surface area contributed by atoms with Crippen LogP contribution in [0, 0.1) is 5.82 Å². The molecule has 1 amide bonds. The number of carboxylic acid groups (broad SMARTS) is 1. The van der Waals surface area contributed by atoms with Crippen LogP contribution in [-0.4, -0.2) is 33.4 Å². The van der Waals surface area contributed by atoms with E-state index in [1.54, 1.807) is 11.0 Å². The normalized spacial score (nSPS) is 17.3. The number of aromatic carboxylic acids is 1. The summed E-state index contributed by atoms with van der Waals surface area (Å²) in [4.78, 5) is 28.9. The Morgan fingerprint density at radius 1 is 1.26 bits per heavy atom. The summed E-state index contributed by atoms with van der Waals surface area (Å²) < 4.78 is 13.4. The number of carboxylic acids is 1. The third-order valence-electron chi connectivity index (χ3n) is 3.98. The smallest absolute Gasteiger partial charge is 0.354 e. The van der Waals surface area contributed by atoms with Crippen LogP contribution in [0.15, 0.2) is 42.6 Å². The van der Waals surface area contributed by atoms with Gasteiger partial charge in [0.15, 0.2) is 0 Å². The lowest BCUT2D eigenvalue weighted by Crippen LogP contribution is -2.30. The Morgan fingerprint density at radius 3 is 2.74 bits per heavy atom. The second kappa shape index (κ2) is 6.16. The zero-order valence-corrected chi connectivity index (χ0v) is 12.3. The van der Waals surface area contributed by atoms with Crippen LogP contribution in [0.2, 0.25) is 0 Å². The summed E-state index contributed by atoms with van der Waals surface area (Å²) in [5, 5.41) is 8.85. The predicted octanol–water partition coefficient (Wildman–Crippen LogP) is 2.90. The molecule has 0 radical (unpaired) electrons. The number of likely N-dealkylation sites (tertiary alicyclic amines) is 1.